The molecule has 1 aromatic rings. The summed E-state index contributed by atoms with van der Waals surface area (Å²) in [7, 11) is 1.23. The Bertz CT molecular complexity index is 533. The topological polar surface area (TPSA) is 55.4 Å². The zero-order valence-electron chi connectivity index (χ0n) is 11.2. The molecule has 6 heteroatoms. The fourth-order valence-corrected chi connectivity index (χ4v) is 1.78. The van der Waals surface area contributed by atoms with Crippen molar-refractivity contribution < 1.29 is 18.7 Å². The number of hydrogen-bond donors (Lipinski definition) is 1. The smallest absolute Gasteiger partial charge is 0.328 e. The summed E-state index contributed by atoms with van der Waals surface area (Å²) in [6, 6.07) is 3.10. The summed E-state index contributed by atoms with van der Waals surface area (Å²) in [6.45, 7) is 5.30. The maximum atomic E-state index is 13.4. The van der Waals surface area contributed by atoms with Crippen LogP contribution in [0.5, 0.6) is 0 Å². The van der Waals surface area contributed by atoms with Crippen LogP contribution >= 0.6 is 15.9 Å². The van der Waals surface area contributed by atoms with Crippen LogP contribution in [0.1, 0.15) is 17.3 Å². The molecule has 0 heterocycles. The molecule has 0 unspecified atom stereocenters. The number of esters is 1. The van der Waals surface area contributed by atoms with E-state index in [-0.39, 0.29) is 16.0 Å². The van der Waals surface area contributed by atoms with Crippen LogP contribution in [0.4, 0.5) is 4.39 Å². The van der Waals surface area contributed by atoms with Crippen molar-refractivity contribution in [1.29, 1.82) is 0 Å². The van der Waals surface area contributed by atoms with Crippen LogP contribution in [-0.4, -0.2) is 25.0 Å². The van der Waals surface area contributed by atoms with Gasteiger partial charge in [-0.3, -0.25) is 4.79 Å². The third-order valence-electron chi connectivity index (χ3n) is 2.82. The van der Waals surface area contributed by atoms with Gasteiger partial charge >= 0.3 is 5.97 Å². The van der Waals surface area contributed by atoms with Crippen LogP contribution in [0.2, 0.25) is 0 Å². The van der Waals surface area contributed by atoms with Crippen LogP contribution in [-0.2, 0) is 9.53 Å². The van der Waals surface area contributed by atoms with E-state index >= 15 is 0 Å². The largest absolute Gasteiger partial charge is 0.467 e. The van der Waals surface area contributed by atoms with Gasteiger partial charge in [0.1, 0.15) is 11.9 Å². The molecular weight excluding hydrogens is 329 g/mol. The molecule has 1 rings (SSSR count). The van der Waals surface area contributed by atoms with E-state index in [9.17, 15) is 14.0 Å². The Morgan fingerprint density at radius 2 is 2.15 bits per heavy atom. The average molecular weight is 344 g/mol. The highest BCUT2D eigenvalue weighted by atomic mass is 79.9. The third kappa shape index (κ3) is 3.90. The molecule has 0 saturated heterocycles. The fraction of sp³-hybridized carbons (Fsp3) is 0.286. The predicted molar refractivity (Wildman–Crippen MR) is 76.7 cm³/mol. The van der Waals surface area contributed by atoms with Gasteiger partial charge in [-0.15, -0.1) is 6.58 Å². The first-order valence-electron chi connectivity index (χ1n) is 5.87. The number of rotatable bonds is 5. The molecule has 0 saturated carbocycles. The molecule has 4 nitrogen and oxygen atoms in total. The average Bonchev–Trinajstić information content (AvgIpc) is 2.45. The van der Waals surface area contributed by atoms with Gasteiger partial charge in [0.05, 0.1) is 11.6 Å². The van der Waals surface area contributed by atoms with Gasteiger partial charge in [0.15, 0.2) is 0 Å². The van der Waals surface area contributed by atoms with Crippen molar-refractivity contribution in [3.8, 4) is 0 Å². The van der Waals surface area contributed by atoms with Gasteiger partial charge in [-0.25, -0.2) is 9.18 Å². The molecule has 1 N–H and O–H groups in total. The predicted octanol–water partition coefficient (Wildman–Crippen LogP) is 2.68. The van der Waals surface area contributed by atoms with E-state index in [0.717, 1.165) is 6.07 Å². The van der Waals surface area contributed by atoms with E-state index in [0.29, 0.717) is 0 Å². The van der Waals surface area contributed by atoms with Gasteiger partial charge in [0, 0.05) is 11.5 Å². The summed E-state index contributed by atoms with van der Waals surface area (Å²) in [5, 5.41) is 2.51. The molecule has 0 aliphatic carbocycles. The molecule has 0 aliphatic rings. The number of ether oxygens (including phenoxy) is 1. The molecular formula is C14H15BrFNO3. The van der Waals surface area contributed by atoms with Crippen molar-refractivity contribution in [3.05, 3.63) is 46.7 Å². The van der Waals surface area contributed by atoms with Crippen LogP contribution in [0.15, 0.2) is 35.3 Å². The van der Waals surface area contributed by atoms with E-state index in [1.54, 1.807) is 6.92 Å². The van der Waals surface area contributed by atoms with E-state index in [1.807, 2.05) is 0 Å². The van der Waals surface area contributed by atoms with Crippen LogP contribution in [0.25, 0.3) is 0 Å². The standard InChI is InChI=1S/C14H15BrFNO3/c1-4-8(2)12(14(19)20-3)17-13(18)9-5-6-10(15)11(16)7-9/h4-8,12H,1H2,2-3H3,(H,17,18)/t8-,12+/m1/s1. The van der Waals surface area contributed by atoms with E-state index < -0.39 is 23.7 Å². The highest BCUT2D eigenvalue weighted by Gasteiger charge is 2.26. The lowest BCUT2D eigenvalue weighted by Gasteiger charge is -2.20. The number of nitrogens with one attached hydrogen (secondary N) is 1. The molecule has 1 amide bonds. The summed E-state index contributed by atoms with van der Waals surface area (Å²) >= 11 is 3.00. The van der Waals surface area contributed by atoms with Gasteiger partial charge in [-0.1, -0.05) is 13.0 Å². The van der Waals surface area contributed by atoms with Gasteiger partial charge in [0.25, 0.3) is 5.91 Å². The molecule has 0 fully saturated rings. The third-order valence-corrected chi connectivity index (χ3v) is 3.46. The minimum Gasteiger partial charge on any atom is -0.467 e. The zero-order valence-corrected chi connectivity index (χ0v) is 12.7. The summed E-state index contributed by atoms with van der Waals surface area (Å²) < 4.78 is 18.3. The number of hydrogen-bond acceptors (Lipinski definition) is 3. The lowest BCUT2D eigenvalue weighted by atomic mass is 10.0. The van der Waals surface area contributed by atoms with Crippen molar-refractivity contribution in [2.75, 3.05) is 7.11 Å². The molecule has 0 radical (unpaired) electrons. The minimum absolute atomic E-state index is 0.121. The first-order valence-corrected chi connectivity index (χ1v) is 6.66. The Balaban J connectivity index is 2.92. The second-order valence-corrected chi connectivity index (χ2v) is 5.05. The first kappa shape index (κ1) is 16.4. The highest BCUT2D eigenvalue weighted by Crippen LogP contribution is 2.17. The van der Waals surface area contributed by atoms with Crippen molar-refractivity contribution in [2.24, 2.45) is 5.92 Å². The normalized spacial score (nSPS) is 13.2. The highest BCUT2D eigenvalue weighted by molar-refractivity contribution is 9.10. The van der Waals surface area contributed by atoms with Gasteiger partial charge < -0.3 is 10.1 Å². The van der Waals surface area contributed by atoms with Crippen molar-refractivity contribution in [2.45, 2.75) is 13.0 Å². The molecule has 0 bridgehead atoms. The number of methoxy groups -OCH3 is 1. The van der Waals surface area contributed by atoms with Gasteiger partial charge in [0.2, 0.25) is 0 Å². The Hall–Kier alpha value is -1.69. The lowest BCUT2D eigenvalue weighted by Crippen LogP contribution is -2.45. The lowest BCUT2D eigenvalue weighted by molar-refractivity contribution is -0.143. The van der Waals surface area contributed by atoms with Crippen LogP contribution < -0.4 is 5.32 Å². The molecule has 20 heavy (non-hydrogen) atoms. The van der Waals surface area contributed by atoms with E-state index in [1.165, 1.54) is 25.3 Å². The van der Waals surface area contributed by atoms with Crippen molar-refractivity contribution in [1.82, 2.24) is 5.32 Å². The van der Waals surface area contributed by atoms with E-state index in [4.69, 9.17) is 0 Å². The number of benzene rings is 1. The SMILES string of the molecule is C=C[C@@H](C)[C@H](NC(=O)c1ccc(Br)c(F)c1)C(=O)OC. The Morgan fingerprint density at radius 1 is 1.50 bits per heavy atom. The maximum Gasteiger partial charge on any atom is 0.328 e. The molecule has 108 valence electrons. The Morgan fingerprint density at radius 3 is 2.65 bits per heavy atom. The Kier molecular flexibility index (Phi) is 5.88. The first-order chi connectivity index (χ1) is 9.40. The van der Waals surface area contributed by atoms with Crippen molar-refractivity contribution in [3.63, 3.8) is 0 Å². The molecule has 1 aromatic carbocycles. The number of carbonyl (C=O) groups excluding carboxylic acids is 2. The zero-order chi connectivity index (χ0) is 15.3. The quantitative estimate of drug-likeness (QED) is 0.660. The summed E-state index contributed by atoms with van der Waals surface area (Å²) in [4.78, 5) is 23.7. The number of amides is 1. The summed E-state index contributed by atoms with van der Waals surface area (Å²) in [5.74, 6) is -2.00. The van der Waals surface area contributed by atoms with Gasteiger partial charge in [-0.05, 0) is 34.1 Å². The molecule has 0 spiro atoms. The van der Waals surface area contributed by atoms with Crippen LogP contribution in [0.3, 0.4) is 0 Å². The van der Waals surface area contributed by atoms with Gasteiger partial charge in [-0.2, -0.15) is 0 Å². The number of carbonyl (C=O) groups is 2. The summed E-state index contributed by atoms with van der Waals surface area (Å²) in [5.41, 5.74) is 0.121. The second kappa shape index (κ2) is 7.19. The van der Waals surface area contributed by atoms with E-state index in [2.05, 4.69) is 32.6 Å². The maximum absolute atomic E-state index is 13.4. The molecule has 0 aromatic heterocycles. The fourth-order valence-electron chi connectivity index (χ4n) is 1.53. The number of halogens is 2. The van der Waals surface area contributed by atoms with Crippen LogP contribution in [0, 0.1) is 11.7 Å². The molecule has 0 aliphatic heterocycles. The monoisotopic (exact) mass is 343 g/mol. The minimum atomic E-state index is -0.864. The van der Waals surface area contributed by atoms with Crippen molar-refractivity contribution >= 4 is 27.8 Å². The Labute approximate surface area is 125 Å². The summed E-state index contributed by atoms with van der Waals surface area (Å²) in [6.07, 6.45) is 1.53. The second-order valence-electron chi connectivity index (χ2n) is 4.20. The molecule has 2 atom stereocenters.